The lowest BCUT2D eigenvalue weighted by Gasteiger charge is -2.07. The van der Waals surface area contributed by atoms with Crippen LogP contribution in [0.2, 0.25) is 0 Å². The SMILES string of the molecule is CCOC(=O)CSc1c(CNCCOC)c(C)nn1C. The van der Waals surface area contributed by atoms with Gasteiger partial charge in [0, 0.05) is 32.8 Å². The summed E-state index contributed by atoms with van der Waals surface area (Å²) >= 11 is 1.46. The number of carbonyl (C=O) groups excluding carboxylic acids is 1. The first-order chi connectivity index (χ1) is 9.60. The molecular formula is C13H23N3O3S. The van der Waals surface area contributed by atoms with Crippen LogP contribution in [0.1, 0.15) is 18.2 Å². The molecule has 0 radical (unpaired) electrons. The summed E-state index contributed by atoms with van der Waals surface area (Å²) < 4.78 is 11.8. The van der Waals surface area contributed by atoms with Gasteiger partial charge in [0.15, 0.2) is 0 Å². The molecule has 0 aliphatic carbocycles. The Labute approximate surface area is 124 Å². The number of carbonyl (C=O) groups is 1. The molecular weight excluding hydrogens is 278 g/mol. The third-order valence-corrected chi connectivity index (χ3v) is 3.87. The molecule has 0 saturated carbocycles. The van der Waals surface area contributed by atoms with Crippen LogP contribution in [0.3, 0.4) is 0 Å². The average Bonchev–Trinajstić information content (AvgIpc) is 2.67. The van der Waals surface area contributed by atoms with Crippen molar-refractivity contribution in [2.75, 3.05) is 32.6 Å². The summed E-state index contributed by atoms with van der Waals surface area (Å²) in [6.45, 7) is 6.37. The summed E-state index contributed by atoms with van der Waals surface area (Å²) in [5.74, 6) is 0.104. The van der Waals surface area contributed by atoms with Crippen LogP contribution < -0.4 is 5.32 Å². The highest BCUT2D eigenvalue weighted by Crippen LogP contribution is 2.24. The molecule has 1 N–H and O–H groups in total. The van der Waals surface area contributed by atoms with Crippen molar-refractivity contribution in [3.05, 3.63) is 11.3 Å². The molecule has 6 nitrogen and oxygen atoms in total. The second kappa shape index (κ2) is 8.99. The average molecular weight is 301 g/mol. The largest absolute Gasteiger partial charge is 0.465 e. The van der Waals surface area contributed by atoms with Crippen LogP contribution in [-0.4, -0.2) is 48.4 Å². The number of aromatic nitrogens is 2. The van der Waals surface area contributed by atoms with Gasteiger partial charge in [-0.2, -0.15) is 5.10 Å². The Morgan fingerprint density at radius 3 is 2.90 bits per heavy atom. The van der Waals surface area contributed by atoms with E-state index in [-0.39, 0.29) is 5.97 Å². The predicted molar refractivity (Wildman–Crippen MR) is 78.9 cm³/mol. The molecule has 20 heavy (non-hydrogen) atoms. The van der Waals surface area contributed by atoms with Crippen LogP contribution in [0, 0.1) is 6.92 Å². The number of esters is 1. The number of nitrogens with zero attached hydrogens (tertiary/aromatic N) is 2. The van der Waals surface area contributed by atoms with E-state index in [0.717, 1.165) is 22.8 Å². The van der Waals surface area contributed by atoms with Gasteiger partial charge < -0.3 is 14.8 Å². The fourth-order valence-electron chi connectivity index (χ4n) is 1.78. The summed E-state index contributed by atoms with van der Waals surface area (Å²) in [6, 6.07) is 0. The summed E-state index contributed by atoms with van der Waals surface area (Å²) in [6.07, 6.45) is 0. The summed E-state index contributed by atoms with van der Waals surface area (Å²) in [5, 5.41) is 8.71. The number of aryl methyl sites for hydroxylation is 2. The van der Waals surface area contributed by atoms with Gasteiger partial charge in [-0.05, 0) is 13.8 Å². The van der Waals surface area contributed by atoms with Gasteiger partial charge in [0.05, 0.1) is 29.7 Å². The van der Waals surface area contributed by atoms with E-state index in [0.29, 0.717) is 25.5 Å². The van der Waals surface area contributed by atoms with E-state index in [9.17, 15) is 4.79 Å². The van der Waals surface area contributed by atoms with Crippen molar-refractivity contribution in [1.29, 1.82) is 0 Å². The highest BCUT2D eigenvalue weighted by molar-refractivity contribution is 7.99. The molecule has 1 aromatic heterocycles. The third-order valence-electron chi connectivity index (χ3n) is 2.71. The molecule has 0 aliphatic heterocycles. The summed E-state index contributed by atoms with van der Waals surface area (Å²) in [7, 11) is 3.57. The number of rotatable bonds is 9. The molecule has 1 rings (SSSR count). The zero-order valence-electron chi connectivity index (χ0n) is 12.6. The highest BCUT2D eigenvalue weighted by atomic mass is 32.2. The lowest BCUT2D eigenvalue weighted by Crippen LogP contribution is -2.19. The van der Waals surface area contributed by atoms with Crippen LogP contribution in [0.25, 0.3) is 0 Å². The minimum atomic E-state index is -0.199. The normalized spacial score (nSPS) is 10.8. The van der Waals surface area contributed by atoms with Crippen LogP contribution in [0.5, 0.6) is 0 Å². The van der Waals surface area contributed by atoms with Gasteiger partial charge in [-0.3, -0.25) is 9.48 Å². The summed E-state index contributed by atoms with van der Waals surface area (Å²) in [5.41, 5.74) is 2.10. The molecule has 0 atom stereocenters. The number of ether oxygens (including phenoxy) is 2. The van der Waals surface area contributed by atoms with Gasteiger partial charge in [0.2, 0.25) is 0 Å². The van der Waals surface area contributed by atoms with Gasteiger partial charge in [0.25, 0.3) is 0 Å². The molecule has 1 aromatic rings. The van der Waals surface area contributed by atoms with E-state index in [2.05, 4.69) is 10.4 Å². The lowest BCUT2D eigenvalue weighted by molar-refractivity contribution is -0.139. The first-order valence-electron chi connectivity index (χ1n) is 6.60. The van der Waals surface area contributed by atoms with Crippen molar-refractivity contribution in [3.8, 4) is 0 Å². The van der Waals surface area contributed by atoms with Crippen molar-refractivity contribution in [2.24, 2.45) is 7.05 Å². The maximum Gasteiger partial charge on any atom is 0.316 e. The molecule has 0 saturated heterocycles. The fraction of sp³-hybridized carbons (Fsp3) is 0.692. The number of methoxy groups -OCH3 is 1. The highest BCUT2D eigenvalue weighted by Gasteiger charge is 2.15. The number of nitrogens with one attached hydrogen (secondary N) is 1. The molecule has 0 aliphatic rings. The molecule has 1 heterocycles. The number of thioether (sulfide) groups is 1. The summed E-state index contributed by atoms with van der Waals surface area (Å²) in [4.78, 5) is 11.4. The predicted octanol–water partition coefficient (Wildman–Crippen LogP) is 1.12. The minimum absolute atomic E-state index is 0.199. The van der Waals surface area contributed by atoms with Crippen molar-refractivity contribution in [1.82, 2.24) is 15.1 Å². The lowest BCUT2D eigenvalue weighted by atomic mass is 10.2. The topological polar surface area (TPSA) is 65.4 Å². The van der Waals surface area contributed by atoms with Crippen molar-refractivity contribution >= 4 is 17.7 Å². The standard InChI is InChI=1S/C13H23N3O3S/c1-5-19-12(17)9-20-13-11(8-14-6-7-18-4)10(2)15-16(13)3/h14H,5-9H2,1-4H3. The Kier molecular flexibility index (Phi) is 7.64. The molecule has 114 valence electrons. The van der Waals surface area contributed by atoms with Gasteiger partial charge in [0.1, 0.15) is 0 Å². The van der Waals surface area contributed by atoms with Crippen molar-refractivity contribution in [2.45, 2.75) is 25.4 Å². The van der Waals surface area contributed by atoms with Gasteiger partial charge in [-0.15, -0.1) is 0 Å². The Hall–Kier alpha value is -1.05. The molecule has 0 fully saturated rings. The van der Waals surface area contributed by atoms with Crippen LogP contribution in [0.4, 0.5) is 0 Å². The van der Waals surface area contributed by atoms with Crippen LogP contribution in [-0.2, 0) is 27.9 Å². The van der Waals surface area contributed by atoms with E-state index < -0.39 is 0 Å². The smallest absolute Gasteiger partial charge is 0.316 e. The van der Waals surface area contributed by atoms with E-state index in [1.165, 1.54) is 11.8 Å². The van der Waals surface area contributed by atoms with E-state index in [1.807, 2.05) is 25.6 Å². The number of hydrogen-bond acceptors (Lipinski definition) is 6. The maximum atomic E-state index is 11.4. The Balaban J connectivity index is 2.61. The molecule has 0 unspecified atom stereocenters. The van der Waals surface area contributed by atoms with Gasteiger partial charge >= 0.3 is 5.97 Å². The minimum Gasteiger partial charge on any atom is -0.465 e. The van der Waals surface area contributed by atoms with E-state index in [1.54, 1.807) is 7.11 Å². The Bertz CT molecular complexity index is 435. The Morgan fingerprint density at radius 2 is 2.25 bits per heavy atom. The maximum absolute atomic E-state index is 11.4. The number of hydrogen-bond donors (Lipinski definition) is 1. The van der Waals surface area contributed by atoms with E-state index >= 15 is 0 Å². The fourth-order valence-corrected chi connectivity index (χ4v) is 2.74. The van der Waals surface area contributed by atoms with Crippen molar-refractivity contribution in [3.63, 3.8) is 0 Å². The molecule has 0 amide bonds. The monoisotopic (exact) mass is 301 g/mol. The Morgan fingerprint density at radius 1 is 1.50 bits per heavy atom. The molecule has 0 bridgehead atoms. The molecule has 0 spiro atoms. The molecule has 0 aromatic carbocycles. The third kappa shape index (κ3) is 5.15. The zero-order valence-corrected chi connectivity index (χ0v) is 13.4. The zero-order chi connectivity index (χ0) is 15.0. The second-order valence-corrected chi connectivity index (χ2v) is 5.22. The molecule has 7 heteroatoms. The van der Waals surface area contributed by atoms with Crippen molar-refractivity contribution < 1.29 is 14.3 Å². The first-order valence-corrected chi connectivity index (χ1v) is 7.59. The first kappa shape index (κ1) is 17.0. The van der Waals surface area contributed by atoms with Gasteiger partial charge in [-0.1, -0.05) is 11.8 Å². The van der Waals surface area contributed by atoms with Crippen LogP contribution in [0.15, 0.2) is 5.03 Å². The van der Waals surface area contributed by atoms with Gasteiger partial charge in [-0.25, -0.2) is 0 Å². The second-order valence-electron chi connectivity index (χ2n) is 4.26. The quantitative estimate of drug-likeness (QED) is 0.419. The van der Waals surface area contributed by atoms with E-state index in [4.69, 9.17) is 9.47 Å². The van der Waals surface area contributed by atoms with Crippen LogP contribution >= 0.6 is 11.8 Å².